The monoisotopic (exact) mass is 258 g/mol. The SMILES string of the molecule is [Cr][CH]1C(Cc2ccccn2)=Cc2ccccc21. The molecule has 0 radical (unpaired) electrons. The summed E-state index contributed by atoms with van der Waals surface area (Å²) >= 11 is 3.27. The normalized spacial score (nSPS) is 17.6. The molecule has 83 valence electrons. The third kappa shape index (κ3) is 2.07. The van der Waals surface area contributed by atoms with Gasteiger partial charge in [0.25, 0.3) is 0 Å². The predicted octanol–water partition coefficient (Wildman–Crippen LogP) is 3.31. The van der Waals surface area contributed by atoms with E-state index in [-0.39, 0.29) is 0 Å². The molecular formula is C15H12CrN. The first-order chi connectivity index (χ1) is 8.34. The second-order valence-electron chi connectivity index (χ2n) is 4.23. The zero-order valence-corrected chi connectivity index (χ0v) is 10.6. The molecule has 2 aromatic rings. The molecule has 0 bridgehead atoms. The number of hydrogen-bond donors (Lipinski definition) is 0. The minimum atomic E-state index is 0.396. The van der Waals surface area contributed by atoms with Crippen LogP contribution in [0.1, 0.15) is 21.6 Å². The van der Waals surface area contributed by atoms with Crippen molar-refractivity contribution in [1.82, 2.24) is 4.98 Å². The van der Waals surface area contributed by atoms with Gasteiger partial charge in [0.15, 0.2) is 0 Å². The first kappa shape index (κ1) is 10.8. The van der Waals surface area contributed by atoms with Crippen LogP contribution in [-0.2, 0) is 22.7 Å². The molecule has 3 rings (SSSR count). The van der Waals surface area contributed by atoms with Crippen molar-refractivity contribution in [2.75, 3.05) is 0 Å². The van der Waals surface area contributed by atoms with E-state index in [9.17, 15) is 0 Å². The van der Waals surface area contributed by atoms with Crippen molar-refractivity contribution in [3.63, 3.8) is 0 Å². The van der Waals surface area contributed by atoms with E-state index < -0.39 is 0 Å². The van der Waals surface area contributed by atoms with Crippen LogP contribution < -0.4 is 0 Å². The summed E-state index contributed by atoms with van der Waals surface area (Å²) in [5.41, 5.74) is 5.26. The summed E-state index contributed by atoms with van der Waals surface area (Å²) in [5.74, 6) is 0. The average Bonchev–Trinajstić information content (AvgIpc) is 2.68. The van der Waals surface area contributed by atoms with E-state index in [1.54, 1.807) is 0 Å². The van der Waals surface area contributed by atoms with E-state index in [0.29, 0.717) is 4.78 Å². The Hall–Kier alpha value is -1.36. The topological polar surface area (TPSA) is 12.9 Å². The quantitative estimate of drug-likeness (QED) is 0.805. The molecule has 0 spiro atoms. The molecule has 0 saturated heterocycles. The number of fused-ring (bicyclic) bond motifs is 1. The fourth-order valence-corrected chi connectivity index (χ4v) is 2.78. The van der Waals surface area contributed by atoms with Crippen molar-refractivity contribution in [1.29, 1.82) is 0 Å². The maximum absolute atomic E-state index is 4.38. The number of nitrogens with zero attached hydrogens (tertiary/aromatic N) is 1. The third-order valence-corrected chi connectivity index (χ3v) is 3.94. The average molecular weight is 258 g/mol. The van der Waals surface area contributed by atoms with Crippen LogP contribution in [0.5, 0.6) is 0 Å². The number of pyridine rings is 1. The summed E-state index contributed by atoms with van der Waals surface area (Å²) in [6.07, 6.45) is 5.06. The molecular weight excluding hydrogens is 246 g/mol. The van der Waals surface area contributed by atoms with Crippen LogP contribution in [0, 0.1) is 0 Å². The summed E-state index contributed by atoms with van der Waals surface area (Å²) in [4.78, 5) is 4.38. The van der Waals surface area contributed by atoms with Crippen molar-refractivity contribution in [3.8, 4) is 0 Å². The number of allylic oxidation sites excluding steroid dienone is 1. The Morgan fingerprint density at radius 3 is 2.65 bits per heavy atom. The molecule has 1 aliphatic rings. The third-order valence-electron chi connectivity index (χ3n) is 3.07. The summed E-state index contributed by atoms with van der Waals surface area (Å²) in [6, 6.07) is 14.6. The van der Waals surface area contributed by atoms with Crippen molar-refractivity contribution in [2.24, 2.45) is 0 Å². The van der Waals surface area contributed by atoms with Crippen molar-refractivity contribution in [3.05, 3.63) is 71.1 Å². The summed E-state index contributed by atoms with van der Waals surface area (Å²) in [6.45, 7) is 0. The van der Waals surface area contributed by atoms with Gasteiger partial charge in [-0.05, 0) is 0 Å². The van der Waals surface area contributed by atoms with Gasteiger partial charge in [-0.1, -0.05) is 0 Å². The Balaban J connectivity index is 1.88. The zero-order valence-electron chi connectivity index (χ0n) is 9.34. The number of benzene rings is 1. The van der Waals surface area contributed by atoms with Crippen molar-refractivity contribution >= 4 is 6.08 Å². The molecule has 1 aromatic heterocycles. The molecule has 0 aliphatic heterocycles. The summed E-state index contributed by atoms with van der Waals surface area (Å²) in [5, 5.41) is 0. The number of rotatable bonds is 2. The van der Waals surface area contributed by atoms with E-state index >= 15 is 0 Å². The van der Waals surface area contributed by atoms with Crippen LogP contribution in [0.3, 0.4) is 0 Å². The van der Waals surface area contributed by atoms with Crippen LogP contribution in [0.2, 0.25) is 0 Å². The molecule has 1 aliphatic carbocycles. The standard InChI is InChI=1S/C15H12N.Cr/c1-2-6-14-10-12(9-13(14)5-1)11-15-7-3-4-8-16-15;/h1-10H,11H2;. The van der Waals surface area contributed by atoms with Gasteiger partial charge >= 0.3 is 110 Å². The predicted molar refractivity (Wildman–Crippen MR) is 65.1 cm³/mol. The molecule has 1 atom stereocenters. The van der Waals surface area contributed by atoms with Crippen LogP contribution in [0.15, 0.2) is 54.2 Å². The van der Waals surface area contributed by atoms with Gasteiger partial charge in [-0.15, -0.1) is 0 Å². The van der Waals surface area contributed by atoms with E-state index in [4.69, 9.17) is 0 Å². The van der Waals surface area contributed by atoms with Gasteiger partial charge in [-0.25, -0.2) is 0 Å². The van der Waals surface area contributed by atoms with Gasteiger partial charge < -0.3 is 0 Å². The van der Waals surface area contributed by atoms with E-state index in [1.165, 1.54) is 16.7 Å². The molecule has 17 heavy (non-hydrogen) atoms. The van der Waals surface area contributed by atoms with Crippen molar-refractivity contribution < 1.29 is 16.3 Å². The van der Waals surface area contributed by atoms with Gasteiger partial charge in [0.05, 0.1) is 0 Å². The van der Waals surface area contributed by atoms with Crippen molar-refractivity contribution in [2.45, 2.75) is 11.2 Å². The molecule has 1 aromatic carbocycles. The van der Waals surface area contributed by atoms with E-state index in [1.807, 2.05) is 18.3 Å². The van der Waals surface area contributed by atoms with Crippen LogP contribution in [0.25, 0.3) is 6.08 Å². The number of aromatic nitrogens is 1. The Labute approximate surface area is 110 Å². The second kappa shape index (κ2) is 4.49. The van der Waals surface area contributed by atoms with Gasteiger partial charge in [0.1, 0.15) is 0 Å². The fraction of sp³-hybridized carbons (Fsp3) is 0.133. The Bertz CT molecular complexity index is 560. The summed E-state index contributed by atoms with van der Waals surface area (Å²) < 4.78 is 0.396. The van der Waals surface area contributed by atoms with Crippen LogP contribution >= 0.6 is 0 Å². The molecule has 1 nitrogen and oxygen atoms in total. The fourth-order valence-electron chi connectivity index (χ4n) is 2.21. The minimum absolute atomic E-state index is 0.396. The summed E-state index contributed by atoms with van der Waals surface area (Å²) in [7, 11) is 0. The zero-order chi connectivity index (χ0) is 11.7. The van der Waals surface area contributed by atoms with Gasteiger partial charge in [-0.3, -0.25) is 0 Å². The Morgan fingerprint density at radius 2 is 1.88 bits per heavy atom. The molecule has 1 unspecified atom stereocenters. The molecule has 0 amide bonds. The molecule has 2 heteroatoms. The second-order valence-corrected chi connectivity index (χ2v) is 4.96. The van der Waals surface area contributed by atoms with Crippen LogP contribution in [-0.4, -0.2) is 4.98 Å². The Morgan fingerprint density at radius 1 is 1.06 bits per heavy atom. The van der Waals surface area contributed by atoms with E-state index in [0.717, 1.165) is 12.1 Å². The molecule has 0 N–H and O–H groups in total. The number of hydrogen-bond acceptors (Lipinski definition) is 1. The molecule has 0 saturated carbocycles. The van der Waals surface area contributed by atoms with Gasteiger partial charge in [0, 0.05) is 0 Å². The van der Waals surface area contributed by atoms with Crippen LogP contribution in [0.4, 0.5) is 0 Å². The van der Waals surface area contributed by atoms with Gasteiger partial charge in [-0.2, -0.15) is 0 Å². The van der Waals surface area contributed by atoms with E-state index in [2.05, 4.69) is 57.7 Å². The van der Waals surface area contributed by atoms with Gasteiger partial charge in [0.2, 0.25) is 0 Å². The molecule has 1 heterocycles. The molecule has 0 fully saturated rings. The maximum atomic E-state index is 4.38. The first-order valence-corrected chi connectivity index (χ1v) is 6.43. The Kier molecular flexibility index (Phi) is 2.84. The first-order valence-electron chi connectivity index (χ1n) is 5.70.